The minimum atomic E-state index is -2.34. The smallest absolute Gasteiger partial charge is 0.255 e. The summed E-state index contributed by atoms with van der Waals surface area (Å²) in [6.45, 7) is -0.340. The van der Waals surface area contributed by atoms with Crippen LogP contribution in [-0.2, 0) is 0 Å². The van der Waals surface area contributed by atoms with E-state index in [1.165, 1.54) is 0 Å². The molecule has 0 bridgehead atoms. The van der Waals surface area contributed by atoms with Gasteiger partial charge in [-0.3, -0.25) is 0 Å². The van der Waals surface area contributed by atoms with E-state index in [0.29, 0.717) is 11.5 Å². The Morgan fingerprint density at radius 3 is 2.92 bits per heavy atom. The van der Waals surface area contributed by atoms with Crippen molar-refractivity contribution in [1.82, 2.24) is 4.98 Å². The van der Waals surface area contributed by atoms with Crippen molar-refractivity contribution < 1.29 is 8.78 Å². The standard InChI is InChI=1S/C8H11F2N3/c1-11-8-4-6(2-3-12-8)13-5-7(9)10/h2-4,7H,5H2,1H3,(H2,11,12,13). The van der Waals surface area contributed by atoms with Crippen LogP contribution < -0.4 is 10.6 Å². The van der Waals surface area contributed by atoms with Crippen molar-refractivity contribution in [3.05, 3.63) is 18.3 Å². The molecule has 5 heteroatoms. The molecule has 0 unspecified atom stereocenters. The predicted molar refractivity (Wildman–Crippen MR) is 48.3 cm³/mol. The molecule has 0 saturated carbocycles. The molecule has 1 aromatic rings. The number of anilines is 2. The number of nitrogens with zero attached hydrogens (tertiary/aromatic N) is 1. The van der Waals surface area contributed by atoms with Crippen LogP contribution >= 0.6 is 0 Å². The third-order valence-electron chi connectivity index (χ3n) is 1.48. The molecule has 2 N–H and O–H groups in total. The number of halogens is 2. The second-order valence-corrected chi connectivity index (χ2v) is 2.45. The molecule has 72 valence electrons. The molecule has 0 aliphatic carbocycles. The average Bonchev–Trinajstić information content (AvgIpc) is 2.15. The van der Waals surface area contributed by atoms with Gasteiger partial charge in [0.2, 0.25) is 0 Å². The summed E-state index contributed by atoms with van der Waals surface area (Å²) in [5, 5.41) is 5.41. The number of hydrogen-bond acceptors (Lipinski definition) is 3. The molecule has 0 fully saturated rings. The molecule has 0 radical (unpaired) electrons. The topological polar surface area (TPSA) is 37.0 Å². The lowest BCUT2D eigenvalue weighted by molar-refractivity contribution is 0.163. The molecular weight excluding hydrogens is 176 g/mol. The fourth-order valence-electron chi connectivity index (χ4n) is 0.872. The number of hydrogen-bond donors (Lipinski definition) is 2. The summed E-state index contributed by atoms with van der Waals surface area (Å²) in [5.41, 5.74) is 0.639. The molecule has 0 aromatic carbocycles. The van der Waals surface area contributed by atoms with E-state index in [4.69, 9.17) is 0 Å². The monoisotopic (exact) mass is 187 g/mol. The molecule has 0 aliphatic rings. The first-order valence-electron chi connectivity index (χ1n) is 3.88. The third kappa shape index (κ3) is 3.23. The van der Waals surface area contributed by atoms with Gasteiger partial charge in [-0.05, 0) is 6.07 Å². The van der Waals surface area contributed by atoms with Gasteiger partial charge in [-0.1, -0.05) is 0 Å². The minimum absolute atomic E-state index is 0.340. The molecule has 0 spiro atoms. The van der Waals surface area contributed by atoms with E-state index in [1.807, 2.05) is 0 Å². The molecular formula is C8H11F2N3. The summed E-state index contributed by atoms with van der Waals surface area (Å²) in [5.74, 6) is 0.652. The van der Waals surface area contributed by atoms with Crippen molar-refractivity contribution in [2.75, 3.05) is 24.2 Å². The zero-order valence-corrected chi connectivity index (χ0v) is 7.22. The Labute approximate surface area is 75.2 Å². The normalized spacial score (nSPS) is 10.2. The number of rotatable bonds is 4. The molecule has 0 atom stereocenters. The molecule has 3 nitrogen and oxygen atoms in total. The van der Waals surface area contributed by atoms with Gasteiger partial charge in [0, 0.05) is 25.0 Å². The van der Waals surface area contributed by atoms with Crippen molar-refractivity contribution in [1.29, 1.82) is 0 Å². The van der Waals surface area contributed by atoms with Crippen LogP contribution in [0.25, 0.3) is 0 Å². The molecule has 0 amide bonds. The van der Waals surface area contributed by atoms with E-state index in [1.54, 1.807) is 25.4 Å². The van der Waals surface area contributed by atoms with Crippen molar-refractivity contribution in [2.45, 2.75) is 6.43 Å². The second-order valence-electron chi connectivity index (χ2n) is 2.45. The van der Waals surface area contributed by atoms with Crippen molar-refractivity contribution in [3.63, 3.8) is 0 Å². The number of nitrogens with one attached hydrogen (secondary N) is 2. The van der Waals surface area contributed by atoms with E-state index in [2.05, 4.69) is 15.6 Å². The molecule has 1 heterocycles. The van der Waals surface area contributed by atoms with Crippen LogP contribution in [-0.4, -0.2) is 25.0 Å². The maximum atomic E-state index is 11.8. The minimum Gasteiger partial charge on any atom is -0.379 e. The van der Waals surface area contributed by atoms with E-state index in [9.17, 15) is 8.78 Å². The maximum absolute atomic E-state index is 11.8. The number of alkyl halides is 2. The van der Waals surface area contributed by atoms with Gasteiger partial charge in [0.25, 0.3) is 6.43 Å². The highest BCUT2D eigenvalue weighted by Crippen LogP contribution is 2.11. The quantitative estimate of drug-likeness (QED) is 0.754. The van der Waals surface area contributed by atoms with E-state index < -0.39 is 6.43 Å². The number of aromatic nitrogens is 1. The van der Waals surface area contributed by atoms with Crippen molar-refractivity contribution in [3.8, 4) is 0 Å². The fourth-order valence-corrected chi connectivity index (χ4v) is 0.872. The Morgan fingerprint density at radius 2 is 2.31 bits per heavy atom. The van der Waals surface area contributed by atoms with Crippen molar-refractivity contribution in [2.24, 2.45) is 0 Å². The fraction of sp³-hybridized carbons (Fsp3) is 0.375. The van der Waals surface area contributed by atoms with Crippen molar-refractivity contribution >= 4 is 11.5 Å². The Bertz CT molecular complexity index is 265. The summed E-state index contributed by atoms with van der Waals surface area (Å²) in [6, 6.07) is 3.31. The lowest BCUT2D eigenvalue weighted by Gasteiger charge is -2.06. The molecule has 1 aromatic heterocycles. The van der Waals surface area contributed by atoms with Crippen LogP contribution in [0.15, 0.2) is 18.3 Å². The maximum Gasteiger partial charge on any atom is 0.255 e. The van der Waals surface area contributed by atoms with Crippen LogP contribution in [0.2, 0.25) is 0 Å². The van der Waals surface area contributed by atoms with Gasteiger partial charge in [0.1, 0.15) is 5.82 Å². The van der Waals surface area contributed by atoms with Crippen LogP contribution in [0.3, 0.4) is 0 Å². The third-order valence-corrected chi connectivity index (χ3v) is 1.48. The first kappa shape index (κ1) is 9.70. The zero-order chi connectivity index (χ0) is 9.68. The summed E-state index contributed by atoms with van der Waals surface area (Å²) >= 11 is 0. The van der Waals surface area contributed by atoms with Gasteiger partial charge in [-0.2, -0.15) is 0 Å². The lowest BCUT2D eigenvalue weighted by atomic mass is 10.4. The molecule has 1 rings (SSSR count). The molecule has 0 saturated heterocycles. The van der Waals surface area contributed by atoms with Gasteiger partial charge in [-0.15, -0.1) is 0 Å². The van der Waals surface area contributed by atoms with Gasteiger partial charge in [0.15, 0.2) is 0 Å². The van der Waals surface area contributed by atoms with E-state index in [-0.39, 0.29) is 6.54 Å². The molecule has 0 aliphatic heterocycles. The largest absolute Gasteiger partial charge is 0.379 e. The second kappa shape index (κ2) is 4.59. The Hall–Kier alpha value is -1.39. The first-order valence-corrected chi connectivity index (χ1v) is 3.88. The summed E-state index contributed by atoms with van der Waals surface area (Å²) in [4.78, 5) is 3.95. The highest BCUT2D eigenvalue weighted by atomic mass is 19.3. The summed E-state index contributed by atoms with van der Waals surface area (Å²) < 4.78 is 23.6. The van der Waals surface area contributed by atoms with Crippen LogP contribution in [0.4, 0.5) is 20.3 Å². The summed E-state index contributed by atoms with van der Waals surface area (Å²) in [6.07, 6.45) is -0.786. The molecule has 13 heavy (non-hydrogen) atoms. The van der Waals surface area contributed by atoms with Crippen LogP contribution in [0, 0.1) is 0 Å². The lowest BCUT2D eigenvalue weighted by Crippen LogP contribution is -2.10. The zero-order valence-electron chi connectivity index (χ0n) is 7.22. The first-order chi connectivity index (χ1) is 6.22. The van der Waals surface area contributed by atoms with E-state index >= 15 is 0 Å². The highest BCUT2D eigenvalue weighted by Gasteiger charge is 2.01. The van der Waals surface area contributed by atoms with Gasteiger partial charge in [0.05, 0.1) is 6.54 Å². The Balaban J connectivity index is 2.56. The Morgan fingerprint density at radius 1 is 1.54 bits per heavy atom. The highest BCUT2D eigenvalue weighted by molar-refractivity contribution is 5.51. The van der Waals surface area contributed by atoms with Gasteiger partial charge in [-0.25, -0.2) is 13.8 Å². The predicted octanol–water partition coefficient (Wildman–Crippen LogP) is 1.80. The van der Waals surface area contributed by atoms with Gasteiger partial charge >= 0.3 is 0 Å². The summed E-state index contributed by atoms with van der Waals surface area (Å²) in [7, 11) is 1.72. The average molecular weight is 187 g/mol. The van der Waals surface area contributed by atoms with Crippen LogP contribution in [0.1, 0.15) is 0 Å². The van der Waals surface area contributed by atoms with Gasteiger partial charge < -0.3 is 10.6 Å². The Kier molecular flexibility index (Phi) is 3.42. The van der Waals surface area contributed by atoms with Crippen LogP contribution in [0.5, 0.6) is 0 Å². The SMILES string of the molecule is CNc1cc(NCC(F)F)ccn1. The van der Waals surface area contributed by atoms with E-state index in [0.717, 1.165) is 0 Å². The number of pyridine rings is 1.